The van der Waals surface area contributed by atoms with Gasteiger partial charge in [0, 0.05) is 25.2 Å². The third-order valence-electron chi connectivity index (χ3n) is 3.76. The molecule has 1 aromatic rings. The zero-order chi connectivity index (χ0) is 19.9. The van der Waals surface area contributed by atoms with Crippen molar-refractivity contribution < 1.29 is 14.5 Å². The van der Waals surface area contributed by atoms with Gasteiger partial charge in [0.1, 0.15) is 5.69 Å². The number of carbonyl (C=O) groups is 1. The van der Waals surface area contributed by atoms with Crippen LogP contribution in [-0.2, 0) is 9.53 Å². The van der Waals surface area contributed by atoms with Crippen molar-refractivity contribution in [2.45, 2.75) is 41.5 Å². The van der Waals surface area contributed by atoms with E-state index in [2.05, 4.69) is 32.6 Å². The van der Waals surface area contributed by atoms with Gasteiger partial charge in [-0.3, -0.25) is 10.1 Å². The summed E-state index contributed by atoms with van der Waals surface area (Å²) in [5.74, 6) is 0.329. The van der Waals surface area contributed by atoms with Crippen LogP contribution in [0.4, 0.5) is 11.4 Å². The van der Waals surface area contributed by atoms with Crippen LogP contribution in [0.2, 0.25) is 0 Å². The summed E-state index contributed by atoms with van der Waals surface area (Å²) < 4.78 is 4.90. The highest BCUT2D eigenvalue weighted by atomic mass is 16.6. The minimum atomic E-state index is -0.446. The summed E-state index contributed by atoms with van der Waals surface area (Å²) in [5, 5.41) is 11.7. The maximum atomic E-state index is 11.7. The van der Waals surface area contributed by atoms with Gasteiger partial charge in [-0.1, -0.05) is 33.8 Å². The molecule has 0 aliphatic heterocycles. The molecule has 1 rings (SSSR count). The van der Waals surface area contributed by atoms with E-state index in [0.29, 0.717) is 35.3 Å². The van der Waals surface area contributed by atoms with Gasteiger partial charge in [-0.15, -0.1) is 0 Å². The molecule has 0 bridgehead atoms. The molecule has 0 saturated heterocycles. The number of allylic oxidation sites excluding steroid dienone is 1. The van der Waals surface area contributed by atoms with E-state index < -0.39 is 5.97 Å². The van der Waals surface area contributed by atoms with Crippen LogP contribution in [0.3, 0.4) is 0 Å². The van der Waals surface area contributed by atoms with Gasteiger partial charge < -0.3 is 9.64 Å². The molecule has 0 saturated carbocycles. The van der Waals surface area contributed by atoms with Crippen molar-refractivity contribution in [2.24, 2.45) is 11.8 Å². The maximum absolute atomic E-state index is 11.7. The van der Waals surface area contributed by atoms with Crippen LogP contribution >= 0.6 is 0 Å². The Morgan fingerprint density at radius 2 is 1.81 bits per heavy atom. The van der Waals surface area contributed by atoms with Gasteiger partial charge in [0.05, 0.1) is 11.5 Å². The first kappa shape index (κ1) is 21.7. The predicted octanol–water partition coefficient (Wildman–Crippen LogP) is 4.68. The molecule has 144 valence electrons. The zero-order valence-corrected chi connectivity index (χ0v) is 16.6. The fourth-order valence-corrected chi connectivity index (χ4v) is 2.78. The molecule has 0 aromatic heterocycles. The van der Waals surface area contributed by atoms with Crippen molar-refractivity contribution in [3.63, 3.8) is 0 Å². The van der Waals surface area contributed by atoms with E-state index in [4.69, 9.17) is 4.74 Å². The van der Waals surface area contributed by atoms with Crippen molar-refractivity contribution in [3.05, 3.63) is 40.0 Å². The standard InChI is InChI=1S/C20H30N2O4/c1-7-26-20(23)10-16(6)17-8-9-18(19(11-17)22(24)25)21(12-14(2)3)13-15(4)5/h8-11,14-15H,7,12-13H2,1-6H3. The fraction of sp³-hybridized carbons (Fsp3) is 0.550. The first-order valence-corrected chi connectivity index (χ1v) is 9.04. The van der Waals surface area contributed by atoms with Crippen LogP contribution in [-0.4, -0.2) is 30.6 Å². The molecule has 0 heterocycles. The highest BCUT2D eigenvalue weighted by Gasteiger charge is 2.22. The van der Waals surface area contributed by atoms with Gasteiger partial charge in [-0.25, -0.2) is 4.79 Å². The van der Waals surface area contributed by atoms with E-state index in [1.165, 1.54) is 12.1 Å². The average Bonchev–Trinajstić information content (AvgIpc) is 2.52. The Bertz CT molecular complexity index is 656. The Labute approximate surface area is 156 Å². The van der Waals surface area contributed by atoms with E-state index in [0.717, 1.165) is 13.1 Å². The van der Waals surface area contributed by atoms with E-state index in [9.17, 15) is 14.9 Å². The molecule has 0 radical (unpaired) electrons. The van der Waals surface area contributed by atoms with Crippen molar-refractivity contribution in [3.8, 4) is 0 Å². The highest BCUT2D eigenvalue weighted by Crippen LogP contribution is 2.32. The molecule has 0 atom stereocenters. The second kappa shape index (κ2) is 9.94. The molecule has 0 aliphatic carbocycles. The first-order valence-electron chi connectivity index (χ1n) is 9.04. The molecule has 0 amide bonds. The Kier molecular flexibility index (Phi) is 8.29. The van der Waals surface area contributed by atoms with Gasteiger partial charge in [0.15, 0.2) is 0 Å². The largest absolute Gasteiger partial charge is 0.463 e. The summed E-state index contributed by atoms with van der Waals surface area (Å²) in [7, 11) is 0. The Hall–Kier alpha value is -2.37. The normalized spacial score (nSPS) is 11.8. The number of nitrogens with zero attached hydrogens (tertiary/aromatic N) is 2. The number of nitro groups is 1. The number of benzene rings is 1. The topological polar surface area (TPSA) is 72.7 Å². The molecule has 0 aliphatic rings. The average molecular weight is 362 g/mol. The lowest BCUT2D eigenvalue weighted by atomic mass is 10.0. The molecule has 26 heavy (non-hydrogen) atoms. The number of anilines is 1. The Morgan fingerprint density at radius 1 is 1.23 bits per heavy atom. The quantitative estimate of drug-likeness (QED) is 0.276. The lowest BCUT2D eigenvalue weighted by Crippen LogP contribution is -2.31. The number of ether oxygens (including phenoxy) is 1. The van der Waals surface area contributed by atoms with E-state index >= 15 is 0 Å². The van der Waals surface area contributed by atoms with Crippen LogP contribution in [0.15, 0.2) is 24.3 Å². The summed E-state index contributed by atoms with van der Waals surface area (Å²) in [5.41, 5.74) is 1.95. The lowest BCUT2D eigenvalue weighted by molar-refractivity contribution is -0.384. The summed E-state index contributed by atoms with van der Waals surface area (Å²) in [4.78, 5) is 25.0. The van der Waals surface area contributed by atoms with E-state index in [-0.39, 0.29) is 10.6 Å². The van der Waals surface area contributed by atoms with Crippen LogP contribution < -0.4 is 4.90 Å². The molecular weight excluding hydrogens is 332 g/mol. The van der Waals surface area contributed by atoms with Crippen LogP contribution in [0, 0.1) is 22.0 Å². The smallest absolute Gasteiger partial charge is 0.331 e. The number of rotatable bonds is 9. The molecule has 0 N–H and O–H groups in total. The predicted molar refractivity (Wildman–Crippen MR) is 105 cm³/mol. The summed E-state index contributed by atoms with van der Waals surface area (Å²) in [6.07, 6.45) is 1.36. The van der Waals surface area contributed by atoms with Gasteiger partial charge in [-0.2, -0.15) is 0 Å². The zero-order valence-electron chi connectivity index (χ0n) is 16.6. The number of hydrogen-bond donors (Lipinski definition) is 0. The van der Waals surface area contributed by atoms with Gasteiger partial charge >= 0.3 is 5.97 Å². The monoisotopic (exact) mass is 362 g/mol. The molecular formula is C20H30N2O4. The van der Waals surface area contributed by atoms with Crippen molar-refractivity contribution in [2.75, 3.05) is 24.6 Å². The summed E-state index contributed by atoms with van der Waals surface area (Å²) in [6, 6.07) is 5.13. The van der Waals surface area contributed by atoms with E-state index in [1.54, 1.807) is 19.9 Å². The first-order chi connectivity index (χ1) is 12.1. The molecule has 6 heteroatoms. The highest BCUT2D eigenvalue weighted by molar-refractivity contribution is 5.91. The van der Waals surface area contributed by atoms with Gasteiger partial charge in [0.2, 0.25) is 0 Å². The van der Waals surface area contributed by atoms with Crippen molar-refractivity contribution in [1.82, 2.24) is 0 Å². The molecule has 6 nitrogen and oxygen atoms in total. The summed E-state index contributed by atoms with van der Waals surface area (Å²) in [6.45, 7) is 13.7. The molecule has 0 spiro atoms. The minimum Gasteiger partial charge on any atom is -0.463 e. The number of hydrogen-bond acceptors (Lipinski definition) is 5. The van der Waals surface area contributed by atoms with Crippen LogP contribution in [0.25, 0.3) is 5.57 Å². The Morgan fingerprint density at radius 3 is 2.27 bits per heavy atom. The third-order valence-corrected chi connectivity index (χ3v) is 3.76. The van der Waals surface area contributed by atoms with Gasteiger partial charge in [0.25, 0.3) is 5.69 Å². The summed E-state index contributed by atoms with van der Waals surface area (Å²) >= 11 is 0. The molecule has 0 fully saturated rings. The SMILES string of the molecule is CCOC(=O)C=C(C)c1ccc(N(CC(C)C)CC(C)C)c([N+](=O)[O-])c1. The van der Waals surface area contributed by atoms with Crippen molar-refractivity contribution >= 4 is 22.9 Å². The van der Waals surface area contributed by atoms with Crippen LogP contribution in [0.1, 0.15) is 47.1 Å². The van der Waals surface area contributed by atoms with E-state index in [1.807, 2.05) is 6.07 Å². The fourth-order valence-electron chi connectivity index (χ4n) is 2.78. The maximum Gasteiger partial charge on any atom is 0.331 e. The second-order valence-corrected chi connectivity index (χ2v) is 7.23. The van der Waals surface area contributed by atoms with Gasteiger partial charge in [-0.05, 0) is 42.9 Å². The lowest BCUT2D eigenvalue weighted by Gasteiger charge is -2.28. The molecule has 1 aromatic carbocycles. The second-order valence-electron chi connectivity index (χ2n) is 7.23. The Balaban J connectivity index is 3.30. The number of carbonyl (C=O) groups excluding carboxylic acids is 1. The van der Waals surface area contributed by atoms with Crippen molar-refractivity contribution in [1.29, 1.82) is 0 Å². The third kappa shape index (κ3) is 6.50. The number of esters is 1. The minimum absolute atomic E-state index is 0.0559. The van der Waals surface area contributed by atoms with Crippen LogP contribution in [0.5, 0.6) is 0 Å². The molecule has 0 unspecified atom stereocenters. The number of nitro benzene ring substituents is 1.